The summed E-state index contributed by atoms with van der Waals surface area (Å²) in [5.74, 6) is -0.616. The van der Waals surface area contributed by atoms with E-state index >= 15 is 0 Å². The molecule has 16 nitrogen and oxygen atoms in total. The number of carbonyl (C=O) groups is 1. The van der Waals surface area contributed by atoms with Crippen molar-refractivity contribution in [1.82, 2.24) is 5.32 Å². The van der Waals surface area contributed by atoms with Gasteiger partial charge in [-0.3, -0.25) is 4.79 Å². The predicted molar refractivity (Wildman–Crippen MR) is 111 cm³/mol. The van der Waals surface area contributed by atoms with Crippen LogP contribution in [0.25, 0.3) is 0 Å². The maximum Gasteiger partial charge on any atom is 0.217 e. The highest BCUT2D eigenvalue weighted by Crippen LogP contribution is 2.32. The van der Waals surface area contributed by atoms with Crippen molar-refractivity contribution in [3.8, 4) is 0 Å². The minimum atomic E-state index is -1.82. The van der Waals surface area contributed by atoms with E-state index in [0.29, 0.717) is 0 Å². The van der Waals surface area contributed by atoms with E-state index in [0.717, 1.165) is 6.92 Å². The van der Waals surface area contributed by atoms with Gasteiger partial charge < -0.3 is 75.0 Å². The molecule has 3 saturated heterocycles. The number of aliphatic hydroxyl groups is 9. The summed E-state index contributed by atoms with van der Waals surface area (Å²) in [6.07, 6.45) is -22.1. The van der Waals surface area contributed by atoms with Crippen molar-refractivity contribution >= 4 is 5.91 Å². The summed E-state index contributed by atoms with van der Waals surface area (Å²) in [7, 11) is 0. The SMILES string of the molecule is CC(=O)N[C@@H]1[C@@H](O)[C@H](O[C@@H]2O[C@H](CO)[C@H](O)[C@H](O)[C@H]2O[C@H]2O[C@H](C)[C@H](O)[C@H](O)[C@H]2O)[C@@H](CO)O[C@H]1O. The average molecular weight is 529 g/mol. The van der Waals surface area contributed by atoms with Crippen LogP contribution in [0.15, 0.2) is 0 Å². The zero-order valence-electron chi connectivity index (χ0n) is 19.5. The maximum atomic E-state index is 11.5. The number of ether oxygens (including phenoxy) is 5. The fourth-order valence-electron chi connectivity index (χ4n) is 4.39. The van der Waals surface area contributed by atoms with E-state index < -0.39 is 111 Å². The molecule has 0 unspecified atom stereocenters. The monoisotopic (exact) mass is 529 g/mol. The smallest absolute Gasteiger partial charge is 0.217 e. The molecular weight excluding hydrogens is 494 g/mol. The first kappa shape index (κ1) is 29.5. The van der Waals surface area contributed by atoms with Crippen molar-refractivity contribution in [1.29, 1.82) is 0 Å². The average Bonchev–Trinajstić information content (AvgIpc) is 2.84. The fraction of sp³-hybridized carbons (Fsp3) is 0.950. The lowest BCUT2D eigenvalue weighted by molar-refractivity contribution is -0.382. The fourth-order valence-corrected chi connectivity index (χ4v) is 4.39. The molecule has 1 amide bonds. The van der Waals surface area contributed by atoms with Gasteiger partial charge in [-0.15, -0.1) is 0 Å². The van der Waals surface area contributed by atoms with Gasteiger partial charge in [-0.2, -0.15) is 0 Å². The van der Waals surface area contributed by atoms with Crippen molar-refractivity contribution in [2.75, 3.05) is 13.2 Å². The van der Waals surface area contributed by atoms with Gasteiger partial charge in [0.25, 0.3) is 0 Å². The van der Waals surface area contributed by atoms with Crippen LogP contribution >= 0.6 is 0 Å². The number of aliphatic hydroxyl groups excluding tert-OH is 9. The molecule has 15 atom stereocenters. The molecule has 3 aliphatic rings. The minimum Gasteiger partial charge on any atom is -0.394 e. The first-order valence-corrected chi connectivity index (χ1v) is 11.4. The van der Waals surface area contributed by atoms with Crippen LogP contribution in [-0.4, -0.2) is 157 Å². The molecule has 3 aliphatic heterocycles. The molecule has 210 valence electrons. The first-order valence-electron chi connectivity index (χ1n) is 11.4. The highest BCUT2D eigenvalue weighted by Gasteiger charge is 2.53. The summed E-state index contributed by atoms with van der Waals surface area (Å²) >= 11 is 0. The molecule has 0 bridgehead atoms. The van der Waals surface area contributed by atoms with Crippen LogP contribution in [0.3, 0.4) is 0 Å². The van der Waals surface area contributed by atoms with Gasteiger partial charge in [0, 0.05) is 6.92 Å². The van der Waals surface area contributed by atoms with Gasteiger partial charge in [0.1, 0.15) is 67.1 Å². The third kappa shape index (κ3) is 5.97. The van der Waals surface area contributed by atoms with Gasteiger partial charge in [0.15, 0.2) is 18.9 Å². The van der Waals surface area contributed by atoms with Crippen molar-refractivity contribution < 1.29 is 74.4 Å². The second-order valence-corrected chi connectivity index (χ2v) is 9.05. The number of carbonyl (C=O) groups excluding carboxylic acids is 1. The van der Waals surface area contributed by atoms with Gasteiger partial charge in [0.05, 0.1) is 19.3 Å². The third-order valence-electron chi connectivity index (χ3n) is 6.46. The van der Waals surface area contributed by atoms with E-state index in [4.69, 9.17) is 23.7 Å². The lowest BCUT2D eigenvalue weighted by Crippen LogP contribution is -2.68. The van der Waals surface area contributed by atoms with E-state index in [2.05, 4.69) is 5.32 Å². The quantitative estimate of drug-likeness (QED) is 0.147. The van der Waals surface area contributed by atoms with Crippen LogP contribution in [0.5, 0.6) is 0 Å². The van der Waals surface area contributed by atoms with E-state index in [-0.39, 0.29) is 0 Å². The summed E-state index contributed by atoms with van der Waals surface area (Å²) in [5, 5.41) is 93.8. The lowest BCUT2D eigenvalue weighted by atomic mass is 9.95. The van der Waals surface area contributed by atoms with Gasteiger partial charge in [0.2, 0.25) is 5.91 Å². The van der Waals surface area contributed by atoms with Gasteiger partial charge >= 0.3 is 0 Å². The van der Waals surface area contributed by atoms with E-state index in [9.17, 15) is 50.8 Å². The molecule has 10 N–H and O–H groups in total. The van der Waals surface area contributed by atoms with E-state index in [1.165, 1.54) is 6.92 Å². The number of nitrogens with one attached hydrogen (secondary N) is 1. The number of hydrogen-bond donors (Lipinski definition) is 10. The van der Waals surface area contributed by atoms with Crippen LogP contribution in [-0.2, 0) is 28.5 Å². The van der Waals surface area contributed by atoms with Gasteiger partial charge in [-0.1, -0.05) is 0 Å². The Balaban J connectivity index is 1.86. The standard InChI is InChI=1S/C20H35NO15/c1-5-10(25)13(28)15(30)19(32-5)36-17-14(29)11(26)7(3-22)34-20(17)35-16-8(4-23)33-18(31)9(12(16)27)21-6(2)24/h5,7-20,22-23,25-31H,3-4H2,1-2H3,(H,21,24)/t5-,7-,8-,9-,10+,11+,12-,13+,14+,15-,16-,17-,18-,19-,20+/m1/s1. The molecule has 3 heterocycles. The molecule has 0 aliphatic carbocycles. The van der Waals surface area contributed by atoms with Crippen LogP contribution < -0.4 is 5.32 Å². The normalized spacial score (nSPS) is 50.0. The Bertz CT molecular complexity index is 731. The summed E-state index contributed by atoms with van der Waals surface area (Å²) < 4.78 is 27.5. The Labute approximate surface area is 205 Å². The number of amides is 1. The Hall–Kier alpha value is -1.09. The Morgan fingerprint density at radius 2 is 1.33 bits per heavy atom. The molecule has 3 fully saturated rings. The highest BCUT2D eigenvalue weighted by molar-refractivity contribution is 5.73. The van der Waals surface area contributed by atoms with Gasteiger partial charge in [-0.05, 0) is 6.92 Å². The van der Waals surface area contributed by atoms with Crippen LogP contribution in [0.4, 0.5) is 0 Å². The second kappa shape index (κ2) is 12.2. The zero-order chi connectivity index (χ0) is 26.9. The van der Waals surface area contributed by atoms with Crippen molar-refractivity contribution in [3.63, 3.8) is 0 Å². The minimum absolute atomic E-state index is 0.616. The molecule has 0 aromatic rings. The molecule has 0 radical (unpaired) electrons. The van der Waals surface area contributed by atoms with Crippen molar-refractivity contribution in [2.24, 2.45) is 0 Å². The zero-order valence-corrected chi connectivity index (χ0v) is 19.5. The first-order chi connectivity index (χ1) is 16.9. The molecule has 0 saturated carbocycles. The highest BCUT2D eigenvalue weighted by atomic mass is 16.8. The Morgan fingerprint density at radius 1 is 0.722 bits per heavy atom. The molecule has 0 aromatic carbocycles. The summed E-state index contributed by atoms with van der Waals surface area (Å²) in [4.78, 5) is 11.5. The topological polar surface area (TPSA) is 257 Å². The lowest BCUT2D eigenvalue weighted by Gasteiger charge is -2.48. The molecule has 16 heteroatoms. The summed E-state index contributed by atoms with van der Waals surface area (Å²) in [6, 6.07) is -1.39. The number of rotatable bonds is 7. The predicted octanol–water partition coefficient (Wildman–Crippen LogP) is -6.40. The molecule has 0 aromatic heterocycles. The van der Waals surface area contributed by atoms with Gasteiger partial charge in [-0.25, -0.2) is 0 Å². The van der Waals surface area contributed by atoms with Crippen LogP contribution in [0.2, 0.25) is 0 Å². The van der Waals surface area contributed by atoms with Crippen molar-refractivity contribution in [3.05, 3.63) is 0 Å². The summed E-state index contributed by atoms with van der Waals surface area (Å²) in [6.45, 7) is 0.997. The Kier molecular flexibility index (Phi) is 9.97. The van der Waals surface area contributed by atoms with E-state index in [1.807, 2.05) is 0 Å². The van der Waals surface area contributed by atoms with Crippen molar-refractivity contribution in [2.45, 2.75) is 106 Å². The molecule has 3 rings (SSSR count). The largest absolute Gasteiger partial charge is 0.394 e. The van der Waals surface area contributed by atoms with Crippen LogP contribution in [0, 0.1) is 0 Å². The molecule has 36 heavy (non-hydrogen) atoms. The number of hydrogen-bond acceptors (Lipinski definition) is 15. The van der Waals surface area contributed by atoms with Crippen LogP contribution in [0.1, 0.15) is 13.8 Å². The van der Waals surface area contributed by atoms with E-state index in [1.54, 1.807) is 0 Å². The molecular formula is C20H35NO15. The molecule has 0 spiro atoms. The maximum absolute atomic E-state index is 11.5. The Morgan fingerprint density at radius 3 is 1.92 bits per heavy atom. The third-order valence-corrected chi connectivity index (χ3v) is 6.46. The summed E-state index contributed by atoms with van der Waals surface area (Å²) in [5.41, 5.74) is 0. The second-order valence-electron chi connectivity index (χ2n) is 9.05.